The van der Waals surface area contributed by atoms with Crippen LogP contribution >= 0.6 is 0 Å². The molecule has 7 nitrogen and oxygen atoms in total. The van der Waals surface area contributed by atoms with E-state index in [1.165, 1.54) is 5.57 Å². The molecule has 2 aliphatic heterocycles. The summed E-state index contributed by atoms with van der Waals surface area (Å²) in [6.07, 6.45) is 6.85. The van der Waals surface area contributed by atoms with E-state index in [1.807, 2.05) is 6.08 Å². The number of allylic oxidation sites excluding steroid dienone is 2. The lowest BCUT2D eigenvalue weighted by atomic mass is 9.46. The molecule has 1 unspecified atom stereocenters. The molecule has 160 valence electrons. The van der Waals surface area contributed by atoms with E-state index in [9.17, 15) is 13.8 Å². The predicted octanol–water partition coefficient (Wildman–Crippen LogP) is 2.36. The van der Waals surface area contributed by atoms with Gasteiger partial charge < -0.3 is 10.1 Å². The van der Waals surface area contributed by atoms with Crippen LogP contribution in [0.1, 0.15) is 46.0 Å². The van der Waals surface area contributed by atoms with Gasteiger partial charge in [0.1, 0.15) is 6.61 Å². The molecule has 0 bridgehead atoms. The fourth-order valence-electron chi connectivity index (χ4n) is 6.22. The average molecular weight is 424 g/mol. The highest BCUT2D eigenvalue weighted by molar-refractivity contribution is 7.75. The molecule has 2 saturated carbocycles. The summed E-state index contributed by atoms with van der Waals surface area (Å²) in [7, 11) is 0. The molecule has 1 N–H and O–H groups in total. The lowest BCUT2D eigenvalue weighted by molar-refractivity contribution is -0.154. The van der Waals surface area contributed by atoms with Gasteiger partial charge in [-0.1, -0.05) is 32.1 Å². The molecule has 1 amide bonds. The third-order valence-electron chi connectivity index (χ3n) is 7.81. The molecule has 0 aromatic carbocycles. The number of cyclic esters (lactones) is 1. The van der Waals surface area contributed by atoms with Gasteiger partial charge >= 0.3 is 17.3 Å². The number of fused-ring (bicyclic) bond motifs is 3. The van der Waals surface area contributed by atoms with Crippen LogP contribution in [0.3, 0.4) is 0 Å². The van der Waals surface area contributed by atoms with Crippen LogP contribution < -0.4 is 5.32 Å². The topological polar surface area (TPSA) is 90.9 Å². The number of carbonyl (C=O) groups excluding carboxylic acids is 2. The molecule has 4 rings (SSSR count). The van der Waals surface area contributed by atoms with Crippen LogP contribution in [0.2, 0.25) is 0 Å². The van der Waals surface area contributed by atoms with Crippen molar-refractivity contribution in [2.24, 2.45) is 22.7 Å². The standard InChI is InChI=1S/C21H29NO6S/c1-13-4-7-17-20(2,9-8-18-21(17,3)11-27-29(25)28-18)15(13)6-5-14-16(22-12-23)10-26-19(14)24/h5,12,15-18H,1,4,6-11H2,2-3H3,(H,22,23)/b14-5+/t15-,16+,17+,18-,20+,21+,29?/m1/s1. The van der Waals surface area contributed by atoms with Gasteiger partial charge in [0.25, 0.3) is 0 Å². The molecular weight excluding hydrogens is 394 g/mol. The number of amides is 1. The number of hydrogen-bond acceptors (Lipinski definition) is 6. The number of carbonyl (C=O) groups is 2. The van der Waals surface area contributed by atoms with Crippen molar-refractivity contribution in [2.75, 3.05) is 13.2 Å². The van der Waals surface area contributed by atoms with Crippen molar-refractivity contribution < 1.29 is 26.9 Å². The average Bonchev–Trinajstić information content (AvgIpc) is 3.02. The summed E-state index contributed by atoms with van der Waals surface area (Å²) in [5.41, 5.74) is 1.52. The Morgan fingerprint density at radius 1 is 1.31 bits per heavy atom. The number of esters is 1. The van der Waals surface area contributed by atoms with Gasteiger partial charge in [-0.05, 0) is 49.4 Å². The van der Waals surface area contributed by atoms with E-state index >= 15 is 0 Å². The number of rotatable bonds is 4. The van der Waals surface area contributed by atoms with Gasteiger partial charge in [-0.25, -0.2) is 4.79 Å². The van der Waals surface area contributed by atoms with Crippen molar-refractivity contribution in [3.8, 4) is 0 Å². The molecule has 8 heteroatoms. The van der Waals surface area contributed by atoms with Crippen LogP contribution in [0, 0.1) is 22.7 Å². The first-order valence-electron chi connectivity index (χ1n) is 10.3. The number of nitrogens with one attached hydrogen (secondary N) is 1. The Kier molecular flexibility index (Phi) is 5.46. The first-order chi connectivity index (χ1) is 13.8. The van der Waals surface area contributed by atoms with Crippen molar-refractivity contribution in [3.63, 3.8) is 0 Å². The zero-order valence-electron chi connectivity index (χ0n) is 17.0. The third kappa shape index (κ3) is 3.39. The van der Waals surface area contributed by atoms with E-state index in [-0.39, 0.29) is 41.5 Å². The van der Waals surface area contributed by atoms with Gasteiger partial charge in [0.15, 0.2) is 0 Å². The summed E-state index contributed by atoms with van der Waals surface area (Å²) in [6, 6.07) is -0.385. The second kappa shape index (κ2) is 7.63. The Morgan fingerprint density at radius 3 is 2.86 bits per heavy atom. The minimum Gasteiger partial charge on any atom is -0.460 e. The van der Waals surface area contributed by atoms with Gasteiger partial charge in [0.2, 0.25) is 6.41 Å². The molecule has 2 aliphatic carbocycles. The van der Waals surface area contributed by atoms with Crippen LogP contribution in [0.5, 0.6) is 0 Å². The molecule has 2 heterocycles. The molecular formula is C21H29NO6S. The fourth-order valence-corrected chi connectivity index (χ4v) is 7.13. The molecule has 0 aromatic rings. The first-order valence-corrected chi connectivity index (χ1v) is 11.3. The Bertz CT molecular complexity index is 781. The fraction of sp³-hybridized carbons (Fsp3) is 0.714. The molecule has 4 aliphatic rings. The van der Waals surface area contributed by atoms with E-state index in [0.717, 1.165) is 25.7 Å². The minimum atomic E-state index is -1.66. The quantitative estimate of drug-likeness (QED) is 0.323. The van der Waals surface area contributed by atoms with Crippen LogP contribution in [0.15, 0.2) is 23.8 Å². The summed E-state index contributed by atoms with van der Waals surface area (Å²) in [5, 5.41) is 2.66. The van der Waals surface area contributed by atoms with E-state index in [1.54, 1.807) is 0 Å². The second-order valence-corrected chi connectivity index (χ2v) is 10.1. The van der Waals surface area contributed by atoms with Crippen LogP contribution in [-0.2, 0) is 34.1 Å². The Balaban J connectivity index is 1.60. The molecule has 0 aromatic heterocycles. The lowest BCUT2D eigenvalue weighted by Gasteiger charge is -2.61. The Labute approximate surface area is 174 Å². The zero-order chi connectivity index (χ0) is 20.8. The highest BCUT2D eigenvalue weighted by Crippen LogP contribution is 2.63. The summed E-state index contributed by atoms with van der Waals surface area (Å²) in [6.45, 7) is 9.48. The van der Waals surface area contributed by atoms with Gasteiger partial charge in [0.05, 0.1) is 24.3 Å². The lowest BCUT2D eigenvalue weighted by Crippen LogP contribution is -2.60. The molecule has 7 atom stereocenters. The predicted molar refractivity (Wildman–Crippen MR) is 106 cm³/mol. The third-order valence-corrected chi connectivity index (χ3v) is 8.51. The summed E-state index contributed by atoms with van der Waals surface area (Å²) >= 11 is -1.66. The molecule has 29 heavy (non-hydrogen) atoms. The van der Waals surface area contributed by atoms with E-state index in [4.69, 9.17) is 13.1 Å². The number of ether oxygens (including phenoxy) is 1. The van der Waals surface area contributed by atoms with Crippen molar-refractivity contribution in [1.82, 2.24) is 5.32 Å². The van der Waals surface area contributed by atoms with Crippen molar-refractivity contribution in [3.05, 3.63) is 23.8 Å². The highest BCUT2D eigenvalue weighted by Gasteiger charge is 2.60. The minimum absolute atomic E-state index is 0.0146. The maximum atomic E-state index is 12.1. The van der Waals surface area contributed by atoms with Crippen LogP contribution in [0.4, 0.5) is 0 Å². The highest BCUT2D eigenvalue weighted by atomic mass is 32.2. The smallest absolute Gasteiger partial charge is 0.336 e. The van der Waals surface area contributed by atoms with Gasteiger partial charge in [-0.3, -0.25) is 13.2 Å². The maximum absolute atomic E-state index is 12.1. The van der Waals surface area contributed by atoms with Gasteiger partial charge in [-0.2, -0.15) is 4.21 Å². The maximum Gasteiger partial charge on any atom is 0.336 e. The number of hydrogen-bond donors (Lipinski definition) is 1. The van der Waals surface area contributed by atoms with Crippen molar-refractivity contribution in [1.29, 1.82) is 0 Å². The van der Waals surface area contributed by atoms with Crippen LogP contribution in [-0.4, -0.2) is 41.9 Å². The van der Waals surface area contributed by atoms with E-state index in [0.29, 0.717) is 30.9 Å². The SMILES string of the molecule is C=C1CC[C@@H]2[C@]3(C)COS(=O)O[C@@H]3CC[C@@]2(C)[C@@H]1C/C=C1/C(=O)OC[C@@H]1NC=O. The second-order valence-electron chi connectivity index (χ2n) is 9.23. The van der Waals surface area contributed by atoms with E-state index < -0.39 is 11.4 Å². The molecule has 0 radical (unpaired) electrons. The van der Waals surface area contributed by atoms with Crippen molar-refractivity contribution >= 4 is 23.7 Å². The van der Waals surface area contributed by atoms with Gasteiger partial charge in [0, 0.05) is 5.41 Å². The monoisotopic (exact) mass is 423 g/mol. The zero-order valence-corrected chi connectivity index (χ0v) is 17.8. The Morgan fingerprint density at radius 2 is 2.10 bits per heavy atom. The first kappa shape index (κ1) is 20.8. The van der Waals surface area contributed by atoms with Gasteiger partial charge in [-0.15, -0.1) is 0 Å². The van der Waals surface area contributed by atoms with Crippen molar-refractivity contribution in [2.45, 2.75) is 58.1 Å². The molecule has 4 fully saturated rings. The Hall–Kier alpha value is -1.51. The summed E-state index contributed by atoms with van der Waals surface area (Å²) in [5.74, 6) is 0.198. The normalized spacial score (nSPS) is 46.0. The van der Waals surface area contributed by atoms with E-state index in [2.05, 4.69) is 25.7 Å². The van der Waals surface area contributed by atoms with Crippen LogP contribution in [0.25, 0.3) is 0 Å². The largest absolute Gasteiger partial charge is 0.460 e. The summed E-state index contributed by atoms with van der Waals surface area (Å²) < 4.78 is 27.9. The molecule has 0 spiro atoms. The summed E-state index contributed by atoms with van der Waals surface area (Å²) in [4.78, 5) is 23.0. The molecule has 2 saturated heterocycles.